The van der Waals surface area contributed by atoms with E-state index in [0.29, 0.717) is 18.5 Å². The van der Waals surface area contributed by atoms with Gasteiger partial charge in [0, 0.05) is 25.4 Å². The number of rotatable bonds is 9. The Hall–Kier alpha value is -1.55. The Morgan fingerprint density at radius 2 is 2.00 bits per heavy atom. The van der Waals surface area contributed by atoms with E-state index in [1.807, 2.05) is 38.1 Å². The number of hydrogen-bond acceptors (Lipinski definition) is 3. The summed E-state index contributed by atoms with van der Waals surface area (Å²) >= 11 is 0. The van der Waals surface area contributed by atoms with Gasteiger partial charge in [-0.15, -0.1) is 0 Å². The molecule has 21 heavy (non-hydrogen) atoms. The van der Waals surface area contributed by atoms with E-state index in [0.717, 1.165) is 25.1 Å². The van der Waals surface area contributed by atoms with E-state index in [4.69, 9.17) is 5.11 Å². The number of benzene rings is 1. The largest absolute Gasteiger partial charge is 0.396 e. The third-order valence-electron chi connectivity index (χ3n) is 3.53. The van der Waals surface area contributed by atoms with Crippen molar-refractivity contribution in [1.82, 2.24) is 5.32 Å². The molecule has 0 atom stereocenters. The van der Waals surface area contributed by atoms with Crippen LogP contribution in [0.3, 0.4) is 0 Å². The number of para-hydroxylation sites is 1. The monoisotopic (exact) mass is 292 g/mol. The Balaban J connectivity index is 2.65. The normalized spacial score (nSPS) is 11.2. The molecule has 4 nitrogen and oxygen atoms in total. The molecule has 1 aromatic rings. The smallest absolute Gasteiger partial charge is 0.253 e. The number of nitrogens with one attached hydrogen (secondary N) is 2. The number of anilines is 1. The van der Waals surface area contributed by atoms with Gasteiger partial charge in [0.05, 0.1) is 5.56 Å². The zero-order valence-electron chi connectivity index (χ0n) is 13.4. The fourth-order valence-corrected chi connectivity index (χ4v) is 2.04. The second-order valence-corrected chi connectivity index (χ2v) is 6.15. The predicted octanol–water partition coefficient (Wildman–Crippen LogP) is 3.04. The van der Waals surface area contributed by atoms with Crippen molar-refractivity contribution in [3.05, 3.63) is 29.8 Å². The van der Waals surface area contributed by atoms with Crippen LogP contribution in [0, 0.1) is 5.41 Å². The predicted molar refractivity (Wildman–Crippen MR) is 87.7 cm³/mol. The molecule has 0 fully saturated rings. The molecule has 4 heteroatoms. The Morgan fingerprint density at radius 1 is 1.29 bits per heavy atom. The summed E-state index contributed by atoms with van der Waals surface area (Å²) in [6.07, 6.45) is 2.87. The quantitative estimate of drug-likeness (QED) is 0.613. The van der Waals surface area contributed by atoms with Crippen molar-refractivity contribution < 1.29 is 9.90 Å². The van der Waals surface area contributed by atoms with Crippen LogP contribution in [0.15, 0.2) is 24.3 Å². The van der Waals surface area contributed by atoms with Crippen LogP contribution in [0.25, 0.3) is 0 Å². The zero-order valence-corrected chi connectivity index (χ0v) is 13.4. The Labute approximate surface area is 128 Å². The molecular weight excluding hydrogens is 264 g/mol. The van der Waals surface area contributed by atoms with Gasteiger partial charge in [-0.25, -0.2) is 0 Å². The third kappa shape index (κ3) is 6.17. The van der Waals surface area contributed by atoms with Crippen LogP contribution < -0.4 is 10.6 Å². The van der Waals surface area contributed by atoms with Crippen LogP contribution in [-0.4, -0.2) is 30.7 Å². The molecule has 0 aliphatic carbocycles. The number of unbranched alkanes of at least 4 members (excludes halogenated alkanes) is 1. The lowest BCUT2D eigenvalue weighted by Gasteiger charge is -2.24. The van der Waals surface area contributed by atoms with E-state index in [-0.39, 0.29) is 17.9 Å². The molecule has 0 saturated carbocycles. The Bertz CT molecular complexity index is 444. The fourth-order valence-electron chi connectivity index (χ4n) is 2.04. The molecule has 0 radical (unpaired) electrons. The molecule has 0 saturated heterocycles. The van der Waals surface area contributed by atoms with E-state index < -0.39 is 0 Å². The minimum atomic E-state index is -0.102. The molecule has 0 heterocycles. The van der Waals surface area contributed by atoms with Crippen LogP contribution in [0.4, 0.5) is 5.69 Å². The lowest BCUT2D eigenvalue weighted by atomic mass is 9.89. The van der Waals surface area contributed by atoms with E-state index in [1.54, 1.807) is 0 Å². The van der Waals surface area contributed by atoms with Crippen molar-refractivity contribution >= 4 is 11.6 Å². The van der Waals surface area contributed by atoms with Crippen molar-refractivity contribution in [2.75, 3.05) is 25.0 Å². The highest BCUT2D eigenvalue weighted by molar-refractivity contribution is 5.99. The summed E-state index contributed by atoms with van der Waals surface area (Å²) in [6.45, 7) is 7.78. The topological polar surface area (TPSA) is 61.4 Å². The first-order valence-electron chi connectivity index (χ1n) is 7.72. The highest BCUT2D eigenvalue weighted by atomic mass is 16.3. The van der Waals surface area contributed by atoms with Gasteiger partial charge >= 0.3 is 0 Å². The molecule has 118 valence electrons. The standard InChI is InChI=1S/C17H28N2O2/c1-4-5-11-18-15-9-7-6-8-14(15)16(21)19-13-17(2,3)10-12-20/h6-9,18,20H,4-5,10-13H2,1-3H3,(H,19,21). The van der Waals surface area contributed by atoms with E-state index >= 15 is 0 Å². The summed E-state index contributed by atoms with van der Waals surface area (Å²) < 4.78 is 0. The number of carbonyl (C=O) groups is 1. The van der Waals surface area contributed by atoms with E-state index in [2.05, 4.69) is 17.6 Å². The van der Waals surface area contributed by atoms with Crippen LogP contribution in [0.5, 0.6) is 0 Å². The van der Waals surface area contributed by atoms with Crippen molar-refractivity contribution in [2.45, 2.75) is 40.0 Å². The Morgan fingerprint density at radius 3 is 2.67 bits per heavy atom. The van der Waals surface area contributed by atoms with Crippen LogP contribution in [-0.2, 0) is 0 Å². The molecule has 0 aliphatic heterocycles. The van der Waals surface area contributed by atoms with Crippen molar-refractivity contribution in [2.24, 2.45) is 5.41 Å². The summed E-state index contributed by atoms with van der Waals surface area (Å²) in [6, 6.07) is 7.58. The average Bonchev–Trinajstić information content (AvgIpc) is 2.46. The number of aliphatic hydroxyl groups is 1. The van der Waals surface area contributed by atoms with Gasteiger partial charge in [0.1, 0.15) is 0 Å². The second kappa shape index (κ2) is 8.67. The van der Waals surface area contributed by atoms with Crippen LogP contribution in [0.1, 0.15) is 50.4 Å². The minimum absolute atomic E-state index is 0.0689. The summed E-state index contributed by atoms with van der Waals surface area (Å²) in [4.78, 5) is 12.3. The third-order valence-corrected chi connectivity index (χ3v) is 3.53. The molecular formula is C17H28N2O2. The molecule has 1 rings (SSSR count). The highest BCUT2D eigenvalue weighted by Crippen LogP contribution is 2.19. The van der Waals surface area contributed by atoms with Gasteiger partial charge in [-0.3, -0.25) is 4.79 Å². The first-order chi connectivity index (χ1) is 10.00. The zero-order chi connectivity index (χ0) is 15.7. The maximum Gasteiger partial charge on any atom is 0.253 e. The first kappa shape index (κ1) is 17.5. The van der Waals surface area contributed by atoms with Gasteiger partial charge in [-0.2, -0.15) is 0 Å². The van der Waals surface area contributed by atoms with Gasteiger partial charge in [-0.1, -0.05) is 39.3 Å². The van der Waals surface area contributed by atoms with E-state index in [9.17, 15) is 4.79 Å². The van der Waals surface area contributed by atoms with Crippen LogP contribution in [0.2, 0.25) is 0 Å². The van der Waals surface area contributed by atoms with Gasteiger partial charge in [0.25, 0.3) is 5.91 Å². The molecule has 0 bridgehead atoms. The van der Waals surface area contributed by atoms with Gasteiger partial charge < -0.3 is 15.7 Å². The van der Waals surface area contributed by atoms with E-state index in [1.165, 1.54) is 0 Å². The SMILES string of the molecule is CCCCNc1ccccc1C(=O)NCC(C)(C)CCO. The second-order valence-electron chi connectivity index (χ2n) is 6.15. The highest BCUT2D eigenvalue weighted by Gasteiger charge is 2.19. The molecule has 0 unspecified atom stereocenters. The minimum Gasteiger partial charge on any atom is -0.396 e. The fraction of sp³-hybridized carbons (Fsp3) is 0.588. The summed E-state index contributed by atoms with van der Waals surface area (Å²) in [7, 11) is 0. The van der Waals surface area contributed by atoms with Gasteiger partial charge in [0.2, 0.25) is 0 Å². The molecule has 0 spiro atoms. The molecule has 1 amide bonds. The number of carbonyl (C=O) groups excluding carboxylic acids is 1. The molecule has 0 aromatic heterocycles. The number of aliphatic hydroxyl groups excluding tert-OH is 1. The number of hydrogen-bond donors (Lipinski definition) is 3. The first-order valence-corrected chi connectivity index (χ1v) is 7.72. The van der Waals surface area contributed by atoms with Gasteiger partial charge in [-0.05, 0) is 30.4 Å². The average molecular weight is 292 g/mol. The Kier molecular flexibility index (Phi) is 7.23. The molecule has 1 aromatic carbocycles. The summed E-state index contributed by atoms with van der Waals surface area (Å²) in [5.74, 6) is -0.0689. The van der Waals surface area contributed by atoms with Crippen molar-refractivity contribution in [3.63, 3.8) is 0 Å². The lowest BCUT2D eigenvalue weighted by molar-refractivity contribution is 0.0929. The molecule has 0 aliphatic rings. The maximum absolute atomic E-state index is 12.3. The lowest BCUT2D eigenvalue weighted by Crippen LogP contribution is -2.34. The number of amides is 1. The maximum atomic E-state index is 12.3. The van der Waals surface area contributed by atoms with Gasteiger partial charge in [0.15, 0.2) is 0 Å². The van der Waals surface area contributed by atoms with Crippen LogP contribution >= 0.6 is 0 Å². The summed E-state index contributed by atoms with van der Waals surface area (Å²) in [5, 5.41) is 15.3. The summed E-state index contributed by atoms with van der Waals surface area (Å²) in [5.41, 5.74) is 1.45. The molecule has 3 N–H and O–H groups in total. The van der Waals surface area contributed by atoms with Crippen molar-refractivity contribution in [3.8, 4) is 0 Å². The van der Waals surface area contributed by atoms with Crippen molar-refractivity contribution in [1.29, 1.82) is 0 Å².